The highest BCUT2D eigenvalue weighted by Crippen LogP contribution is 2.30. The van der Waals surface area contributed by atoms with Gasteiger partial charge in [0.25, 0.3) is 5.91 Å². The van der Waals surface area contributed by atoms with Crippen molar-refractivity contribution in [3.63, 3.8) is 0 Å². The number of amides is 1. The van der Waals surface area contributed by atoms with Gasteiger partial charge in [0.1, 0.15) is 11.8 Å². The summed E-state index contributed by atoms with van der Waals surface area (Å²) in [4.78, 5) is 42.3. The molecule has 0 aliphatic carbocycles. The standard InChI is InChI=1S/C29H30N2O6S/c1-19(31-28(33)26-27(23(35-3)15-17-30-26)37-24(32)16-18-38-4)29(34)36-20(2)25(21-11-7-5-8-12-21)22-13-9-6-10-14-22/h5-15,17,19H,16,18H2,1-4H3,(H,31,33)/t19-/m0/s1. The summed E-state index contributed by atoms with van der Waals surface area (Å²) in [5.74, 6) is -0.890. The predicted molar refractivity (Wildman–Crippen MR) is 147 cm³/mol. The monoisotopic (exact) mass is 534 g/mol. The Kier molecular flexibility index (Phi) is 10.5. The molecule has 198 valence electrons. The van der Waals surface area contributed by atoms with Crippen LogP contribution in [0.15, 0.2) is 78.7 Å². The van der Waals surface area contributed by atoms with E-state index in [0.717, 1.165) is 16.7 Å². The number of aromatic nitrogens is 1. The molecule has 2 aromatic carbocycles. The van der Waals surface area contributed by atoms with Gasteiger partial charge in [0.2, 0.25) is 5.75 Å². The Morgan fingerprint density at radius 2 is 1.58 bits per heavy atom. The molecule has 0 unspecified atom stereocenters. The Bertz CT molecular complexity index is 1250. The zero-order valence-electron chi connectivity index (χ0n) is 21.7. The van der Waals surface area contributed by atoms with Crippen molar-refractivity contribution in [2.24, 2.45) is 0 Å². The van der Waals surface area contributed by atoms with Crippen molar-refractivity contribution in [1.29, 1.82) is 0 Å². The van der Waals surface area contributed by atoms with E-state index in [0.29, 0.717) is 11.5 Å². The van der Waals surface area contributed by atoms with Gasteiger partial charge in [0.15, 0.2) is 11.4 Å². The third-order valence-electron chi connectivity index (χ3n) is 5.46. The van der Waals surface area contributed by atoms with E-state index in [9.17, 15) is 14.4 Å². The first-order valence-corrected chi connectivity index (χ1v) is 13.3. The fourth-order valence-corrected chi connectivity index (χ4v) is 3.97. The maximum atomic E-state index is 13.1. The van der Waals surface area contributed by atoms with Gasteiger partial charge in [-0.3, -0.25) is 9.59 Å². The molecule has 0 saturated carbocycles. The second kappa shape index (κ2) is 14.0. The predicted octanol–water partition coefficient (Wildman–Crippen LogP) is 4.89. The summed E-state index contributed by atoms with van der Waals surface area (Å²) in [5.41, 5.74) is 2.35. The smallest absolute Gasteiger partial charge is 0.333 e. The molecule has 0 saturated heterocycles. The number of rotatable bonds is 11. The van der Waals surface area contributed by atoms with Gasteiger partial charge in [-0.15, -0.1) is 0 Å². The van der Waals surface area contributed by atoms with Gasteiger partial charge in [-0.05, 0) is 31.2 Å². The van der Waals surface area contributed by atoms with Gasteiger partial charge in [-0.1, -0.05) is 60.7 Å². The number of nitrogens with zero attached hydrogens (tertiary/aromatic N) is 1. The minimum absolute atomic E-state index is 0.106. The summed E-state index contributed by atoms with van der Waals surface area (Å²) in [5, 5.41) is 2.58. The Balaban J connectivity index is 1.80. The molecule has 1 N–H and O–H groups in total. The van der Waals surface area contributed by atoms with Gasteiger partial charge in [0.05, 0.1) is 13.5 Å². The fourth-order valence-electron chi connectivity index (χ4n) is 3.60. The number of methoxy groups -OCH3 is 1. The highest BCUT2D eigenvalue weighted by atomic mass is 32.2. The minimum atomic E-state index is -1.03. The van der Waals surface area contributed by atoms with Gasteiger partial charge in [-0.2, -0.15) is 11.8 Å². The second-order valence-electron chi connectivity index (χ2n) is 8.19. The molecular weight excluding hydrogens is 504 g/mol. The number of esters is 2. The third kappa shape index (κ3) is 7.45. The first-order chi connectivity index (χ1) is 18.3. The average molecular weight is 535 g/mol. The second-order valence-corrected chi connectivity index (χ2v) is 9.17. The largest absolute Gasteiger partial charge is 0.493 e. The molecule has 38 heavy (non-hydrogen) atoms. The number of benzene rings is 2. The van der Waals surface area contributed by atoms with E-state index >= 15 is 0 Å². The van der Waals surface area contributed by atoms with Crippen molar-refractivity contribution in [3.05, 3.63) is 95.5 Å². The third-order valence-corrected chi connectivity index (χ3v) is 6.07. The van der Waals surface area contributed by atoms with E-state index < -0.39 is 23.9 Å². The Morgan fingerprint density at radius 3 is 2.13 bits per heavy atom. The molecule has 0 aliphatic heterocycles. The zero-order valence-corrected chi connectivity index (χ0v) is 22.5. The maximum absolute atomic E-state index is 13.1. The number of hydrogen-bond donors (Lipinski definition) is 1. The Hall–Kier alpha value is -4.11. The summed E-state index contributed by atoms with van der Waals surface area (Å²) < 4.78 is 16.4. The number of hydrogen-bond acceptors (Lipinski definition) is 8. The first-order valence-electron chi connectivity index (χ1n) is 11.9. The SMILES string of the molecule is COc1ccnc(C(=O)N[C@@H](C)C(=O)OC(C)=C(c2ccccc2)c2ccccc2)c1OC(=O)CCSC. The lowest BCUT2D eigenvalue weighted by Gasteiger charge is -2.18. The van der Waals surface area contributed by atoms with Crippen LogP contribution >= 0.6 is 11.8 Å². The number of ether oxygens (including phenoxy) is 3. The van der Waals surface area contributed by atoms with Crippen LogP contribution in [0.25, 0.3) is 5.57 Å². The highest BCUT2D eigenvalue weighted by molar-refractivity contribution is 7.98. The average Bonchev–Trinajstić information content (AvgIpc) is 2.93. The van der Waals surface area contributed by atoms with Gasteiger partial charge < -0.3 is 19.5 Å². The van der Waals surface area contributed by atoms with Crippen LogP contribution in [0.1, 0.15) is 41.9 Å². The molecule has 0 fully saturated rings. The van der Waals surface area contributed by atoms with E-state index in [1.807, 2.05) is 66.9 Å². The number of pyridine rings is 1. The highest BCUT2D eigenvalue weighted by Gasteiger charge is 2.26. The van der Waals surface area contributed by atoms with Gasteiger partial charge >= 0.3 is 11.9 Å². The summed E-state index contributed by atoms with van der Waals surface area (Å²) in [6.07, 6.45) is 3.38. The molecule has 0 bridgehead atoms. The topological polar surface area (TPSA) is 104 Å². The van der Waals surface area contributed by atoms with E-state index in [2.05, 4.69) is 10.3 Å². The molecule has 8 nitrogen and oxygen atoms in total. The first kappa shape index (κ1) is 28.5. The summed E-state index contributed by atoms with van der Waals surface area (Å²) >= 11 is 1.49. The minimum Gasteiger partial charge on any atom is -0.493 e. The molecule has 1 amide bonds. The van der Waals surface area contributed by atoms with Crippen molar-refractivity contribution >= 4 is 35.2 Å². The lowest BCUT2D eigenvalue weighted by Crippen LogP contribution is -2.40. The van der Waals surface area contributed by atoms with E-state index in [1.165, 1.54) is 38.1 Å². The summed E-state index contributed by atoms with van der Waals surface area (Å²) in [6, 6.07) is 19.6. The molecule has 9 heteroatoms. The Morgan fingerprint density at radius 1 is 0.974 bits per heavy atom. The van der Waals surface area contributed by atoms with Crippen molar-refractivity contribution < 1.29 is 28.6 Å². The molecule has 1 atom stereocenters. The fraction of sp³-hybridized carbons (Fsp3) is 0.241. The van der Waals surface area contributed by atoms with Crippen LogP contribution in [0.5, 0.6) is 11.5 Å². The van der Waals surface area contributed by atoms with Gasteiger partial charge in [0, 0.05) is 23.6 Å². The zero-order chi connectivity index (χ0) is 27.5. The van der Waals surface area contributed by atoms with E-state index in [1.54, 1.807) is 6.92 Å². The van der Waals surface area contributed by atoms with Crippen LogP contribution in [-0.2, 0) is 14.3 Å². The van der Waals surface area contributed by atoms with E-state index in [4.69, 9.17) is 14.2 Å². The quantitative estimate of drug-likeness (QED) is 0.274. The van der Waals surface area contributed by atoms with E-state index in [-0.39, 0.29) is 23.6 Å². The number of thioether (sulfide) groups is 1. The van der Waals surface area contributed by atoms with Crippen LogP contribution in [-0.4, -0.2) is 48.0 Å². The van der Waals surface area contributed by atoms with Crippen molar-refractivity contribution in [3.8, 4) is 11.5 Å². The summed E-state index contributed by atoms with van der Waals surface area (Å²) in [7, 11) is 1.39. The molecule has 3 rings (SSSR count). The number of nitrogens with one attached hydrogen (secondary N) is 1. The number of carbonyl (C=O) groups is 3. The normalized spacial score (nSPS) is 11.2. The van der Waals surface area contributed by atoms with Gasteiger partial charge in [-0.25, -0.2) is 9.78 Å². The van der Waals surface area contributed by atoms with Crippen molar-refractivity contribution in [2.75, 3.05) is 19.1 Å². The van der Waals surface area contributed by atoms with Crippen LogP contribution in [0.4, 0.5) is 0 Å². The molecule has 1 heterocycles. The molecule has 0 aliphatic rings. The molecule has 0 spiro atoms. The van der Waals surface area contributed by atoms with Crippen molar-refractivity contribution in [1.82, 2.24) is 10.3 Å². The molecule has 3 aromatic rings. The van der Waals surface area contributed by atoms with Crippen molar-refractivity contribution in [2.45, 2.75) is 26.3 Å². The number of carbonyl (C=O) groups excluding carboxylic acids is 3. The number of allylic oxidation sites excluding steroid dienone is 1. The summed E-state index contributed by atoms with van der Waals surface area (Å²) in [6.45, 7) is 3.21. The molecule has 0 radical (unpaired) electrons. The molecular formula is C29H30N2O6S. The van der Waals surface area contributed by atoms with Crippen LogP contribution < -0.4 is 14.8 Å². The van der Waals surface area contributed by atoms with Crippen LogP contribution in [0.3, 0.4) is 0 Å². The Labute approximate surface area is 226 Å². The van der Waals surface area contributed by atoms with Crippen LogP contribution in [0.2, 0.25) is 0 Å². The lowest BCUT2D eigenvalue weighted by molar-refractivity contribution is -0.141. The maximum Gasteiger partial charge on any atom is 0.333 e. The molecule has 1 aromatic heterocycles. The van der Waals surface area contributed by atoms with Crippen LogP contribution in [0, 0.1) is 0 Å². The lowest BCUT2D eigenvalue weighted by atomic mass is 9.97.